The van der Waals surface area contributed by atoms with Gasteiger partial charge in [0, 0.05) is 7.11 Å². The van der Waals surface area contributed by atoms with Crippen molar-refractivity contribution in [3.05, 3.63) is 0 Å². The van der Waals surface area contributed by atoms with E-state index in [4.69, 9.17) is 5.11 Å². The molecule has 0 heterocycles. The Labute approximate surface area is 84.3 Å². The third kappa shape index (κ3) is 7.49. The molecule has 0 aromatic rings. The van der Waals surface area contributed by atoms with Crippen molar-refractivity contribution in [2.45, 2.75) is 19.6 Å². The molecule has 1 atom stereocenters. The molecule has 7 heavy (non-hydrogen) atoms. The van der Waals surface area contributed by atoms with Crippen LogP contribution >= 0.6 is 0 Å². The van der Waals surface area contributed by atoms with E-state index in [1.54, 1.807) is 0 Å². The van der Waals surface area contributed by atoms with Gasteiger partial charge in [0.1, 0.15) is 0 Å². The van der Waals surface area contributed by atoms with Gasteiger partial charge in [-0.25, -0.2) is 0 Å². The van der Waals surface area contributed by atoms with Crippen molar-refractivity contribution in [2.75, 3.05) is 7.11 Å². The van der Waals surface area contributed by atoms with Crippen molar-refractivity contribution in [1.29, 1.82) is 0 Å². The van der Waals surface area contributed by atoms with E-state index in [0.717, 1.165) is 0 Å². The normalized spacial score (nSPS) is 12.4. The van der Waals surface area contributed by atoms with Crippen LogP contribution in [0.2, 0.25) is 0 Å². The second kappa shape index (κ2) is 7.49. The van der Waals surface area contributed by atoms with Crippen molar-refractivity contribution in [1.82, 2.24) is 0 Å². The van der Waals surface area contributed by atoms with E-state index in [2.05, 4.69) is 4.74 Å². The van der Waals surface area contributed by atoms with Crippen molar-refractivity contribution in [3.8, 4) is 0 Å². The maximum atomic E-state index is 8.44. The Morgan fingerprint density at radius 1 is 1.71 bits per heavy atom. The van der Waals surface area contributed by atoms with Gasteiger partial charge in [-0.1, -0.05) is 6.92 Å². The van der Waals surface area contributed by atoms with Gasteiger partial charge in [-0.3, -0.25) is 0 Å². The molecule has 0 rings (SSSR count). The predicted octanol–water partition coefficient (Wildman–Crippen LogP) is -0.555. The quantitative estimate of drug-likeness (QED) is 0.508. The fourth-order valence-electron chi connectivity index (χ4n) is 0.167. The monoisotopic (exact) mass is 230 g/mol. The van der Waals surface area contributed by atoms with Gasteiger partial charge in [-0.05, 0) is 6.42 Å². The Morgan fingerprint density at radius 2 is 2.14 bits per heavy atom. The Balaban J connectivity index is 0. The summed E-state index contributed by atoms with van der Waals surface area (Å²) in [6.07, 6.45) is 0.0984. The Bertz CT molecular complexity index is 28.9. The SMILES string of the molecule is CCC(O)OC.[BaH2]. The number of aliphatic hydroxyl groups excluding tert-OH is 1. The summed E-state index contributed by atoms with van der Waals surface area (Å²) in [4.78, 5) is 0. The summed E-state index contributed by atoms with van der Waals surface area (Å²) >= 11 is 0. The van der Waals surface area contributed by atoms with Crippen LogP contribution in [0.25, 0.3) is 0 Å². The molecular formula is C4H12BaO2. The zero-order valence-corrected chi connectivity index (χ0v) is 4.14. The fraction of sp³-hybridized carbons (Fsp3) is 1.00. The van der Waals surface area contributed by atoms with Gasteiger partial charge in [-0.15, -0.1) is 0 Å². The number of hydrogen-bond acceptors (Lipinski definition) is 2. The molecule has 3 heteroatoms. The molecule has 0 aromatic carbocycles. The van der Waals surface area contributed by atoms with Crippen LogP contribution < -0.4 is 0 Å². The topological polar surface area (TPSA) is 29.5 Å². The number of rotatable bonds is 2. The average molecular weight is 229 g/mol. The molecule has 1 unspecified atom stereocenters. The first-order valence-corrected chi connectivity index (χ1v) is 2.02. The fourth-order valence-corrected chi connectivity index (χ4v) is 0.167. The number of methoxy groups -OCH3 is 1. The van der Waals surface area contributed by atoms with Crippen molar-refractivity contribution in [2.24, 2.45) is 0 Å². The molecule has 0 fully saturated rings. The first-order chi connectivity index (χ1) is 2.81. The van der Waals surface area contributed by atoms with Gasteiger partial charge in [0.15, 0.2) is 6.29 Å². The molecular weight excluding hydrogens is 217 g/mol. The molecule has 0 aliphatic heterocycles. The van der Waals surface area contributed by atoms with Crippen LogP contribution in [0.15, 0.2) is 0 Å². The van der Waals surface area contributed by atoms with E-state index < -0.39 is 6.29 Å². The van der Waals surface area contributed by atoms with Crippen LogP contribution in [0, 0.1) is 0 Å². The first kappa shape index (κ1) is 11.3. The summed E-state index contributed by atoms with van der Waals surface area (Å²) in [5, 5.41) is 8.44. The minimum atomic E-state index is -0.565. The summed E-state index contributed by atoms with van der Waals surface area (Å²) in [5.74, 6) is 0. The summed E-state index contributed by atoms with van der Waals surface area (Å²) in [5.41, 5.74) is 0. The van der Waals surface area contributed by atoms with E-state index in [1.807, 2.05) is 6.92 Å². The molecule has 1 N–H and O–H groups in total. The molecule has 0 spiro atoms. The van der Waals surface area contributed by atoms with Gasteiger partial charge in [0.2, 0.25) is 0 Å². The molecule has 2 nitrogen and oxygen atoms in total. The number of aliphatic hydroxyl groups is 1. The van der Waals surface area contributed by atoms with Gasteiger partial charge < -0.3 is 9.84 Å². The Morgan fingerprint density at radius 3 is 2.14 bits per heavy atom. The second-order valence-corrected chi connectivity index (χ2v) is 1.10. The van der Waals surface area contributed by atoms with E-state index in [9.17, 15) is 0 Å². The third-order valence-corrected chi connectivity index (χ3v) is 0.621. The number of ether oxygens (including phenoxy) is 1. The molecule has 0 aliphatic carbocycles. The van der Waals surface area contributed by atoms with Crippen LogP contribution in [0.1, 0.15) is 13.3 Å². The van der Waals surface area contributed by atoms with Gasteiger partial charge in [-0.2, -0.15) is 0 Å². The molecule has 0 radical (unpaired) electrons. The van der Waals surface area contributed by atoms with Crippen molar-refractivity contribution >= 4 is 48.9 Å². The van der Waals surface area contributed by atoms with Gasteiger partial charge in [0.25, 0.3) is 0 Å². The van der Waals surface area contributed by atoms with Gasteiger partial charge >= 0.3 is 48.9 Å². The van der Waals surface area contributed by atoms with E-state index in [1.165, 1.54) is 7.11 Å². The molecule has 42 valence electrons. The number of hydrogen-bond donors (Lipinski definition) is 1. The summed E-state index contributed by atoms with van der Waals surface area (Å²) < 4.78 is 4.45. The zero-order valence-electron chi connectivity index (χ0n) is 4.14. The Kier molecular flexibility index (Phi) is 12.1. The molecule has 0 saturated carbocycles. The van der Waals surface area contributed by atoms with Crippen LogP contribution in [-0.2, 0) is 4.74 Å². The van der Waals surface area contributed by atoms with E-state index >= 15 is 0 Å². The summed E-state index contributed by atoms with van der Waals surface area (Å²) in [7, 11) is 1.48. The summed E-state index contributed by atoms with van der Waals surface area (Å²) in [6, 6.07) is 0. The maximum absolute atomic E-state index is 8.44. The van der Waals surface area contributed by atoms with Crippen LogP contribution in [0.5, 0.6) is 0 Å². The Hall–Kier alpha value is 1.49. The van der Waals surface area contributed by atoms with E-state index in [-0.39, 0.29) is 48.9 Å². The average Bonchev–Trinajstić information content (AvgIpc) is 1.65. The minimum absolute atomic E-state index is 0. The van der Waals surface area contributed by atoms with E-state index in [0.29, 0.717) is 6.42 Å². The molecule has 0 amide bonds. The molecule has 0 bridgehead atoms. The van der Waals surface area contributed by atoms with Crippen LogP contribution in [-0.4, -0.2) is 67.4 Å². The zero-order chi connectivity index (χ0) is 4.99. The predicted molar refractivity (Wildman–Crippen MR) is 31.9 cm³/mol. The third-order valence-electron chi connectivity index (χ3n) is 0.621. The second-order valence-electron chi connectivity index (χ2n) is 1.10. The van der Waals surface area contributed by atoms with Crippen LogP contribution in [0.4, 0.5) is 0 Å². The van der Waals surface area contributed by atoms with Crippen LogP contribution in [0.3, 0.4) is 0 Å². The van der Waals surface area contributed by atoms with Crippen molar-refractivity contribution in [3.63, 3.8) is 0 Å². The van der Waals surface area contributed by atoms with Gasteiger partial charge in [0.05, 0.1) is 0 Å². The molecule has 0 aromatic heterocycles. The molecule has 0 aliphatic rings. The van der Waals surface area contributed by atoms with Crippen molar-refractivity contribution < 1.29 is 9.84 Å². The standard InChI is InChI=1S/C4H10O2.Ba.2H/c1-3-4(5)6-2;;;/h4-5H,3H2,1-2H3;;;. The molecule has 0 saturated heterocycles. The summed E-state index contributed by atoms with van der Waals surface area (Å²) in [6.45, 7) is 1.86. The first-order valence-electron chi connectivity index (χ1n) is 2.02.